The van der Waals surface area contributed by atoms with Crippen molar-refractivity contribution in [2.45, 2.75) is 51.9 Å². The highest BCUT2D eigenvalue weighted by Crippen LogP contribution is 2.21. The SMILES string of the molecule is CCCCn1c(=O)c2c(nc(S(=O)(=O)CC(C)C)n2Cc2ccc(Cl)cc2)n(C)c1=O. The van der Waals surface area contributed by atoms with Gasteiger partial charge in [-0.3, -0.25) is 13.9 Å². The smallest absolute Gasteiger partial charge is 0.304 e. The molecule has 0 aliphatic carbocycles. The van der Waals surface area contributed by atoms with E-state index in [2.05, 4.69) is 4.98 Å². The molecule has 0 fully saturated rings. The van der Waals surface area contributed by atoms with Gasteiger partial charge in [0.05, 0.1) is 12.3 Å². The number of sulfone groups is 1. The molecule has 0 aliphatic heterocycles. The molecule has 0 aliphatic rings. The Morgan fingerprint density at radius 2 is 1.74 bits per heavy atom. The van der Waals surface area contributed by atoms with E-state index in [1.54, 1.807) is 38.1 Å². The second kappa shape index (κ2) is 9.00. The lowest BCUT2D eigenvalue weighted by atomic mass is 10.2. The van der Waals surface area contributed by atoms with Gasteiger partial charge >= 0.3 is 5.69 Å². The zero-order valence-corrected chi connectivity index (χ0v) is 19.7. The molecule has 0 saturated carbocycles. The fourth-order valence-electron chi connectivity index (χ4n) is 3.53. The highest BCUT2D eigenvalue weighted by atomic mass is 35.5. The molecule has 8 nitrogen and oxygen atoms in total. The van der Waals surface area contributed by atoms with Crippen molar-refractivity contribution >= 4 is 32.6 Å². The Bertz CT molecular complexity index is 1320. The fraction of sp³-hybridized carbons (Fsp3) is 0.476. The summed E-state index contributed by atoms with van der Waals surface area (Å²) in [5.41, 5.74) is -0.0958. The van der Waals surface area contributed by atoms with Gasteiger partial charge in [0.15, 0.2) is 11.2 Å². The van der Waals surface area contributed by atoms with Gasteiger partial charge in [0.2, 0.25) is 15.0 Å². The monoisotopic (exact) mass is 466 g/mol. The number of hydrogen-bond acceptors (Lipinski definition) is 5. The Labute approximate surface area is 186 Å². The van der Waals surface area contributed by atoms with E-state index < -0.39 is 21.1 Å². The Kier molecular flexibility index (Phi) is 6.76. The Morgan fingerprint density at radius 3 is 2.32 bits per heavy atom. The standard InChI is InChI=1S/C21H27ClN4O4S/c1-5-6-11-25-19(27)17-18(24(4)21(25)28)23-20(31(29,30)13-14(2)3)26(17)12-15-7-9-16(22)10-8-15/h7-10,14H,5-6,11-13H2,1-4H3. The van der Waals surface area contributed by atoms with E-state index in [1.807, 2.05) is 6.92 Å². The number of unbranched alkanes of at least 4 members (excludes halogenated alkanes) is 1. The molecule has 0 amide bonds. The average Bonchev–Trinajstić information content (AvgIpc) is 3.07. The molecule has 0 radical (unpaired) electrons. The third-order valence-electron chi connectivity index (χ3n) is 5.02. The molecule has 168 valence electrons. The van der Waals surface area contributed by atoms with Crippen molar-refractivity contribution in [1.82, 2.24) is 18.7 Å². The summed E-state index contributed by atoms with van der Waals surface area (Å²) in [4.78, 5) is 30.4. The van der Waals surface area contributed by atoms with Gasteiger partial charge in [0.1, 0.15) is 0 Å². The van der Waals surface area contributed by atoms with Crippen LogP contribution in [0.25, 0.3) is 11.2 Å². The molecule has 3 aromatic rings. The lowest BCUT2D eigenvalue weighted by Crippen LogP contribution is -2.39. The summed E-state index contributed by atoms with van der Waals surface area (Å²) in [6.45, 7) is 5.95. The van der Waals surface area contributed by atoms with Crippen LogP contribution in [0, 0.1) is 5.92 Å². The van der Waals surface area contributed by atoms with Gasteiger partial charge in [0.25, 0.3) is 5.56 Å². The molecule has 0 spiro atoms. The van der Waals surface area contributed by atoms with Gasteiger partial charge < -0.3 is 4.57 Å². The van der Waals surface area contributed by atoms with Crippen molar-refractivity contribution in [3.8, 4) is 0 Å². The van der Waals surface area contributed by atoms with E-state index in [0.29, 0.717) is 11.4 Å². The maximum absolute atomic E-state index is 13.3. The number of imidazole rings is 1. The molecule has 0 unspecified atom stereocenters. The lowest BCUT2D eigenvalue weighted by Gasteiger charge is -2.12. The first kappa shape index (κ1) is 23.3. The van der Waals surface area contributed by atoms with Gasteiger partial charge in [-0.05, 0) is 30.0 Å². The number of aryl methyl sites for hydroxylation is 1. The van der Waals surface area contributed by atoms with E-state index in [0.717, 1.165) is 16.6 Å². The van der Waals surface area contributed by atoms with Gasteiger partial charge in [-0.15, -0.1) is 0 Å². The Balaban J connectivity index is 2.35. The van der Waals surface area contributed by atoms with Crippen LogP contribution in [0.3, 0.4) is 0 Å². The summed E-state index contributed by atoms with van der Waals surface area (Å²) in [5, 5.41) is 0.350. The number of nitrogens with zero attached hydrogens (tertiary/aromatic N) is 4. The summed E-state index contributed by atoms with van der Waals surface area (Å²) in [7, 11) is -2.29. The Hall–Kier alpha value is -2.39. The second-order valence-corrected chi connectivity index (χ2v) is 10.5. The van der Waals surface area contributed by atoms with E-state index in [9.17, 15) is 18.0 Å². The van der Waals surface area contributed by atoms with Crippen LogP contribution in [0.4, 0.5) is 0 Å². The summed E-state index contributed by atoms with van der Waals surface area (Å²) in [5.74, 6) is -0.242. The summed E-state index contributed by atoms with van der Waals surface area (Å²) in [6, 6.07) is 6.94. The molecule has 1 aromatic carbocycles. The largest absolute Gasteiger partial charge is 0.332 e. The third kappa shape index (κ3) is 4.62. The van der Waals surface area contributed by atoms with Crippen LogP contribution < -0.4 is 11.2 Å². The molecule has 0 atom stereocenters. The van der Waals surface area contributed by atoms with Crippen LogP contribution in [-0.2, 0) is 30.0 Å². The molecule has 3 rings (SSSR count). The number of halogens is 1. The molecule has 10 heteroatoms. The van der Waals surface area contributed by atoms with Crippen LogP contribution in [0.5, 0.6) is 0 Å². The normalized spacial score (nSPS) is 12.2. The molecular formula is C21H27ClN4O4S. The van der Waals surface area contributed by atoms with Crippen molar-refractivity contribution in [2.75, 3.05) is 5.75 Å². The molecule has 2 aromatic heterocycles. The van der Waals surface area contributed by atoms with E-state index in [-0.39, 0.29) is 41.1 Å². The van der Waals surface area contributed by atoms with E-state index >= 15 is 0 Å². The zero-order valence-electron chi connectivity index (χ0n) is 18.1. The van der Waals surface area contributed by atoms with Gasteiger partial charge in [-0.2, -0.15) is 4.98 Å². The number of benzene rings is 1. The summed E-state index contributed by atoms with van der Waals surface area (Å²) >= 11 is 5.98. The first-order valence-electron chi connectivity index (χ1n) is 10.2. The molecule has 0 bridgehead atoms. The maximum atomic E-state index is 13.3. The molecule has 2 heterocycles. The number of fused-ring (bicyclic) bond motifs is 1. The van der Waals surface area contributed by atoms with Crippen molar-refractivity contribution in [3.63, 3.8) is 0 Å². The van der Waals surface area contributed by atoms with Crippen molar-refractivity contribution in [1.29, 1.82) is 0 Å². The lowest BCUT2D eigenvalue weighted by molar-refractivity contribution is 0.560. The van der Waals surface area contributed by atoms with Gasteiger partial charge in [0, 0.05) is 18.6 Å². The molecular weight excluding hydrogens is 440 g/mol. The minimum atomic E-state index is -3.79. The van der Waals surface area contributed by atoms with Crippen molar-refractivity contribution < 1.29 is 8.42 Å². The van der Waals surface area contributed by atoms with Crippen LogP contribution in [0.1, 0.15) is 39.2 Å². The Morgan fingerprint density at radius 1 is 1.10 bits per heavy atom. The van der Waals surface area contributed by atoms with Crippen LogP contribution >= 0.6 is 11.6 Å². The van der Waals surface area contributed by atoms with E-state index in [4.69, 9.17) is 11.6 Å². The second-order valence-electron chi connectivity index (χ2n) is 8.11. The molecule has 31 heavy (non-hydrogen) atoms. The summed E-state index contributed by atoms with van der Waals surface area (Å²) < 4.78 is 30.1. The van der Waals surface area contributed by atoms with E-state index in [1.165, 1.54) is 16.2 Å². The maximum Gasteiger partial charge on any atom is 0.332 e. The highest BCUT2D eigenvalue weighted by molar-refractivity contribution is 7.91. The average molecular weight is 467 g/mol. The number of aromatic nitrogens is 4. The minimum absolute atomic E-state index is 0.0686. The highest BCUT2D eigenvalue weighted by Gasteiger charge is 2.28. The quantitative estimate of drug-likeness (QED) is 0.508. The first-order chi connectivity index (χ1) is 14.6. The predicted octanol–water partition coefficient (Wildman–Crippen LogP) is 2.83. The minimum Gasteiger partial charge on any atom is -0.304 e. The molecule has 0 saturated heterocycles. The van der Waals surface area contributed by atoms with Crippen LogP contribution in [0.15, 0.2) is 39.0 Å². The third-order valence-corrected chi connectivity index (χ3v) is 7.24. The van der Waals surface area contributed by atoms with Crippen molar-refractivity contribution in [2.24, 2.45) is 13.0 Å². The van der Waals surface area contributed by atoms with Gasteiger partial charge in [-0.25, -0.2) is 13.2 Å². The topological polar surface area (TPSA) is 96.0 Å². The predicted molar refractivity (Wildman–Crippen MR) is 122 cm³/mol. The van der Waals surface area contributed by atoms with Gasteiger partial charge in [-0.1, -0.05) is 50.9 Å². The number of hydrogen-bond donors (Lipinski definition) is 0. The van der Waals surface area contributed by atoms with Crippen LogP contribution in [-0.4, -0.2) is 32.9 Å². The fourth-order valence-corrected chi connectivity index (χ4v) is 5.40. The first-order valence-corrected chi connectivity index (χ1v) is 12.3. The summed E-state index contributed by atoms with van der Waals surface area (Å²) in [6.07, 6.45) is 1.47. The zero-order chi connectivity index (χ0) is 22.9. The van der Waals surface area contributed by atoms with Crippen LogP contribution in [0.2, 0.25) is 5.02 Å². The molecule has 0 N–H and O–H groups in total. The van der Waals surface area contributed by atoms with Crippen molar-refractivity contribution in [3.05, 3.63) is 55.7 Å². The number of rotatable bonds is 8.